The molecular formula is C28H35N3O7. The number of carboxylic acids is 2. The lowest BCUT2D eigenvalue weighted by Gasteiger charge is -2.30. The zero-order valence-corrected chi connectivity index (χ0v) is 22.1. The molecule has 2 aromatic carbocycles. The molecule has 0 saturated carbocycles. The average Bonchev–Trinajstić information content (AvgIpc) is 2.86. The van der Waals surface area contributed by atoms with Crippen LogP contribution in [-0.4, -0.2) is 57.4 Å². The first-order valence-electron chi connectivity index (χ1n) is 12.5. The predicted molar refractivity (Wildman–Crippen MR) is 142 cm³/mol. The van der Waals surface area contributed by atoms with E-state index in [-0.39, 0.29) is 35.2 Å². The van der Waals surface area contributed by atoms with Gasteiger partial charge >= 0.3 is 17.8 Å². The average molecular weight is 526 g/mol. The predicted octanol–water partition coefficient (Wildman–Crippen LogP) is 3.69. The van der Waals surface area contributed by atoms with E-state index in [0.717, 1.165) is 24.2 Å². The van der Waals surface area contributed by atoms with Crippen LogP contribution in [-0.2, 0) is 25.6 Å². The Kier molecular flexibility index (Phi) is 10.6. The van der Waals surface area contributed by atoms with Gasteiger partial charge < -0.3 is 20.8 Å². The topological polar surface area (TPSA) is 158 Å². The molecule has 0 saturated heterocycles. The highest BCUT2D eigenvalue weighted by Gasteiger charge is 2.31. The van der Waals surface area contributed by atoms with Gasteiger partial charge in [0.05, 0.1) is 16.9 Å². The van der Waals surface area contributed by atoms with Crippen molar-refractivity contribution in [3.8, 4) is 0 Å². The number of nitrogens with two attached hydrogens (primary N) is 1. The molecule has 204 valence electrons. The van der Waals surface area contributed by atoms with Gasteiger partial charge in [-0.1, -0.05) is 57.9 Å². The summed E-state index contributed by atoms with van der Waals surface area (Å²) in [5.41, 5.74) is 6.77. The van der Waals surface area contributed by atoms with E-state index in [1.807, 2.05) is 20.8 Å². The van der Waals surface area contributed by atoms with Crippen LogP contribution in [0.25, 0.3) is 0 Å². The van der Waals surface area contributed by atoms with E-state index in [4.69, 9.17) is 5.73 Å². The normalized spacial score (nSPS) is 11.6. The number of para-hydroxylation sites is 1. The number of aromatic carboxylic acids is 1. The van der Waals surface area contributed by atoms with E-state index in [0.29, 0.717) is 17.7 Å². The van der Waals surface area contributed by atoms with Crippen molar-refractivity contribution in [2.75, 3.05) is 11.4 Å². The third kappa shape index (κ3) is 7.18. The van der Waals surface area contributed by atoms with Crippen LogP contribution in [0, 0.1) is 0 Å². The first kappa shape index (κ1) is 30.0. The maximum Gasteiger partial charge on any atom is 0.395 e. The lowest BCUT2D eigenvalue weighted by molar-refractivity contribution is -0.148. The number of carbonyl (C=O) groups is 5. The second-order valence-corrected chi connectivity index (χ2v) is 9.36. The number of unbranched alkanes of at least 4 members (excludes halogenated alkanes) is 2. The second-order valence-electron chi connectivity index (χ2n) is 9.36. The van der Waals surface area contributed by atoms with E-state index in [1.54, 1.807) is 12.1 Å². The zero-order valence-electron chi connectivity index (χ0n) is 22.1. The number of primary amides is 1. The highest BCUT2D eigenvalue weighted by Crippen LogP contribution is 2.36. The molecule has 0 aliphatic heterocycles. The molecular weight excluding hydrogens is 490 g/mol. The number of hydrogen-bond acceptors (Lipinski definition) is 5. The Hall–Kier alpha value is -4.21. The maximum absolute atomic E-state index is 12.9. The van der Waals surface area contributed by atoms with Crippen molar-refractivity contribution in [1.82, 2.24) is 4.90 Å². The monoisotopic (exact) mass is 525 g/mol. The molecule has 0 heterocycles. The van der Waals surface area contributed by atoms with Gasteiger partial charge in [-0.15, -0.1) is 0 Å². The lowest BCUT2D eigenvalue weighted by Crippen LogP contribution is -2.48. The summed E-state index contributed by atoms with van der Waals surface area (Å²) in [6.07, 6.45) is 2.69. The van der Waals surface area contributed by atoms with Crippen molar-refractivity contribution < 1.29 is 34.2 Å². The molecule has 38 heavy (non-hydrogen) atoms. The van der Waals surface area contributed by atoms with Crippen LogP contribution in [0.15, 0.2) is 42.5 Å². The van der Waals surface area contributed by atoms with E-state index in [9.17, 15) is 34.2 Å². The highest BCUT2D eigenvalue weighted by molar-refractivity contribution is 6.39. The zero-order chi connectivity index (χ0) is 28.6. The molecule has 0 bridgehead atoms. The van der Waals surface area contributed by atoms with Gasteiger partial charge in [0.1, 0.15) is 6.04 Å². The molecule has 0 aromatic heterocycles. The van der Waals surface area contributed by atoms with Crippen LogP contribution >= 0.6 is 0 Å². The van der Waals surface area contributed by atoms with Crippen molar-refractivity contribution >= 4 is 41.0 Å². The fourth-order valence-corrected chi connectivity index (χ4v) is 4.34. The summed E-state index contributed by atoms with van der Waals surface area (Å²) < 4.78 is 0. The molecule has 0 radical (unpaired) electrons. The summed E-state index contributed by atoms with van der Waals surface area (Å²) in [5, 5.41) is 19.2. The smallest absolute Gasteiger partial charge is 0.395 e. The minimum Gasteiger partial charge on any atom is -0.478 e. The SMILES string of the molecule is CCCCCN(C(C)=O)[C@@H](Cc1ccc(N(C(=O)C(=O)O)c2ccccc2C(=O)O)c(C(C)C)c1)C(N)=O. The minimum absolute atomic E-state index is 0.0873. The minimum atomic E-state index is -1.75. The molecule has 1 atom stereocenters. The largest absolute Gasteiger partial charge is 0.478 e. The van der Waals surface area contributed by atoms with Gasteiger partial charge in [-0.25, -0.2) is 9.59 Å². The molecule has 4 N–H and O–H groups in total. The molecule has 0 spiro atoms. The van der Waals surface area contributed by atoms with Crippen LogP contribution in [0.4, 0.5) is 11.4 Å². The molecule has 0 aliphatic carbocycles. The number of rotatable bonds is 12. The van der Waals surface area contributed by atoms with Crippen LogP contribution < -0.4 is 10.6 Å². The van der Waals surface area contributed by atoms with Crippen molar-refractivity contribution in [1.29, 1.82) is 0 Å². The third-order valence-corrected chi connectivity index (χ3v) is 6.26. The first-order valence-corrected chi connectivity index (χ1v) is 12.5. The van der Waals surface area contributed by atoms with Crippen molar-refractivity contribution in [2.45, 2.75) is 65.3 Å². The number of carboxylic acid groups (broad SMARTS) is 2. The van der Waals surface area contributed by atoms with E-state index in [2.05, 4.69) is 0 Å². The van der Waals surface area contributed by atoms with Crippen LogP contribution in [0.2, 0.25) is 0 Å². The fraction of sp³-hybridized carbons (Fsp3) is 0.393. The third-order valence-electron chi connectivity index (χ3n) is 6.26. The Morgan fingerprint density at radius 1 is 0.947 bits per heavy atom. The summed E-state index contributed by atoms with van der Waals surface area (Å²) >= 11 is 0. The molecule has 2 rings (SSSR count). The lowest BCUT2D eigenvalue weighted by atomic mass is 9.94. The maximum atomic E-state index is 12.9. The Morgan fingerprint density at radius 3 is 2.13 bits per heavy atom. The summed E-state index contributed by atoms with van der Waals surface area (Å²) in [4.78, 5) is 63.5. The molecule has 0 aliphatic rings. The van der Waals surface area contributed by atoms with Crippen molar-refractivity contribution in [3.63, 3.8) is 0 Å². The number of carbonyl (C=O) groups excluding carboxylic acids is 3. The van der Waals surface area contributed by atoms with Crippen LogP contribution in [0.3, 0.4) is 0 Å². The van der Waals surface area contributed by atoms with Crippen molar-refractivity contribution in [2.24, 2.45) is 5.73 Å². The first-order chi connectivity index (χ1) is 17.9. The summed E-state index contributed by atoms with van der Waals surface area (Å²) in [6, 6.07) is 9.63. The molecule has 3 amide bonds. The second kappa shape index (κ2) is 13.4. The van der Waals surface area contributed by atoms with Gasteiger partial charge in [0.2, 0.25) is 11.8 Å². The quantitative estimate of drug-likeness (QED) is 0.281. The van der Waals surface area contributed by atoms with Crippen LogP contribution in [0.5, 0.6) is 0 Å². The van der Waals surface area contributed by atoms with Crippen LogP contribution in [0.1, 0.15) is 74.4 Å². The van der Waals surface area contributed by atoms with Gasteiger partial charge in [0.25, 0.3) is 0 Å². The number of amides is 3. The summed E-state index contributed by atoms with van der Waals surface area (Å²) in [5.74, 6) is -5.52. The highest BCUT2D eigenvalue weighted by atomic mass is 16.4. The molecule has 0 fully saturated rings. The van der Waals surface area contributed by atoms with Gasteiger partial charge in [-0.3, -0.25) is 19.3 Å². The van der Waals surface area contributed by atoms with Gasteiger partial charge in [0.15, 0.2) is 0 Å². The summed E-state index contributed by atoms with van der Waals surface area (Å²) in [7, 11) is 0. The molecule has 10 nitrogen and oxygen atoms in total. The van der Waals surface area contributed by atoms with Gasteiger partial charge in [-0.2, -0.15) is 0 Å². The van der Waals surface area contributed by atoms with Gasteiger partial charge in [-0.05, 0) is 41.7 Å². The van der Waals surface area contributed by atoms with Gasteiger partial charge in [0, 0.05) is 19.9 Å². The summed E-state index contributed by atoms with van der Waals surface area (Å²) in [6.45, 7) is 7.49. The Bertz CT molecular complexity index is 1210. The number of nitrogens with zero attached hydrogens (tertiary/aromatic N) is 2. The molecule has 0 unspecified atom stereocenters. The number of anilines is 2. The standard InChI is InChI=1S/C28H35N3O7/c1-5-6-9-14-30(18(4)32)24(25(29)33)16-19-12-13-23(21(15-19)17(2)3)31(26(34)28(37)38)22-11-8-7-10-20(22)27(35)36/h7-8,10-13,15,17,24H,5-6,9,14,16H2,1-4H3,(H2,29,33)(H,35,36)(H,37,38)/t24-/m0/s1. The number of benzene rings is 2. The van der Waals surface area contributed by atoms with E-state index in [1.165, 1.54) is 42.2 Å². The Labute approximate surface area is 222 Å². The van der Waals surface area contributed by atoms with E-state index < -0.39 is 29.8 Å². The van der Waals surface area contributed by atoms with E-state index >= 15 is 0 Å². The molecule has 10 heteroatoms. The Balaban J connectivity index is 2.62. The molecule has 2 aromatic rings. The fourth-order valence-electron chi connectivity index (χ4n) is 4.34. The number of aliphatic carboxylic acids is 1. The Morgan fingerprint density at radius 2 is 1.61 bits per heavy atom. The number of hydrogen-bond donors (Lipinski definition) is 3. The van der Waals surface area contributed by atoms with Crippen molar-refractivity contribution in [3.05, 3.63) is 59.2 Å².